The summed E-state index contributed by atoms with van der Waals surface area (Å²) < 4.78 is 22.6. The second kappa shape index (κ2) is 5.48. The fourth-order valence-electron chi connectivity index (χ4n) is 0.928. The highest BCUT2D eigenvalue weighted by Gasteiger charge is 2.11. The number of carbonyl (C=O) groups excluding carboxylic acids is 1. The molecule has 0 aromatic carbocycles. The summed E-state index contributed by atoms with van der Waals surface area (Å²) in [6, 6.07) is 3.44. The monoisotopic (exact) mass is 262 g/mol. The minimum absolute atomic E-state index is 0.174. The molecule has 2 atom stereocenters. The molecule has 0 saturated carbocycles. The number of hydrogen-bond acceptors (Lipinski definition) is 4. The van der Waals surface area contributed by atoms with Gasteiger partial charge in [0, 0.05) is 18.6 Å². The average Bonchev–Trinajstić information content (AvgIpc) is 2.65. The van der Waals surface area contributed by atoms with Crippen molar-refractivity contribution in [2.45, 2.75) is 0 Å². The molecule has 0 bridgehead atoms. The van der Waals surface area contributed by atoms with Crippen LogP contribution < -0.4 is 0 Å². The van der Waals surface area contributed by atoms with Crippen molar-refractivity contribution in [2.75, 3.05) is 12.5 Å². The topological polar surface area (TPSA) is 51.2 Å². The minimum atomic E-state index is -1.37. The molecule has 0 aliphatic heterocycles. The van der Waals surface area contributed by atoms with Gasteiger partial charge in [0.15, 0.2) is 5.78 Å². The molecule has 3 nitrogen and oxygen atoms in total. The van der Waals surface area contributed by atoms with Gasteiger partial charge in [-0.25, -0.2) is 0 Å². The molecule has 0 spiro atoms. The molecular weight excluding hydrogens is 252 g/mol. The molecule has 1 aromatic heterocycles. The first-order chi connectivity index (χ1) is 7.02. The molecular formula is C9H10O3S3. The van der Waals surface area contributed by atoms with Crippen LogP contribution in [0, 0.1) is 0 Å². The molecule has 0 radical (unpaired) electrons. The Kier molecular flexibility index (Phi) is 4.56. The highest BCUT2D eigenvalue weighted by Crippen LogP contribution is 2.13. The Morgan fingerprint density at radius 1 is 1.33 bits per heavy atom. The second-order valence-corrected chi connectivity index (χ2v) is 6.62. The van der Waals surface area contributed by atoms with Crippen molar-refractivity contribution in [3.8, 4) is 0 Å². The van der Waals surface area contributed by atoms with Crippen LogP contribution in [0.2, 0.25) is 0 Å². The van der Waals surface area contributed by atoms with E-state index < -0.39 is 21.6 Å². The van der Waals surface area contributed by atoms with Crippen LogP contribution in [-0.4, -0.2) is 26.7 Å². The van der Waals surface area contributed by atoms with Crippen molar-refractivity contribution in [1.29, 1.82) is 0 Å². The number of allylic oxidation sites excluding steroid dienone is 1. The molecule has 1 aromatic rings. The number of rotatable bonds is 4. The molecule has 6 heteroatoms. The molecule has 1 rings (SSSR count). The fraction of sp³-hybridized carbons (Fsp3) is 0.222. The van der Waals surface area contributed by atoms with Crippen molar-refractivity contribution >= 4 is 38.7 Å². The van der Waals surface area contributed by atoms with Crippen LogP contribution in [0.4, 0.5) is 0 Å². The number of ketones is 1. The van der Waals surface area contributed by atoms with E-state index in [1.165, 1.54) is 29.9 Å². The summed E-state index contributed by atoms with van der Waals surface area (Å²) >= 11 is 1.30. The Morgan fingerprint density at radius 2 is 1.93 bits per heavy atom. The third-order valence-electron chi connectivity index (χ3n) is 1.58. The average molecular weight is 262 g/mol. The van der Waals surface area contributed by atoms with E-state index in [1.807, 2.05) is 0 Å². The number of thiophene rings is 1. The Labute approximate surface area is 97.1 Å². The van der Waals surface area contributed by atoms with Crippen LogP contribution in [0.25, 0.3) is 0 Å². The van der Waals surface area contributed by atoms with Crippen LogP contribution in [0.15, 0.2) is 27.8 Å². The van der Waals surface area contributed by atoms with Crippen LogP contribution >= 0.6 is 11.3 Å². The first-order valence-corrected chi connectivity index (χ1v) is 7.98. The SMILES string of the molecule is CS(=O)C(=CC(=O)c1cccs1)S(C)=O. The highest BCUT2D eigenvalue weighted by atomic mass is 32.2. The molecule has 0 aliphatic rings. The van der Waals surface area contributed by atoms with Gasteiger partial charge in [-0.1, -0.05) is 6.07 Å². The van der Waals surface area contributed by atoms with E-state index in [9.17, 15) is 13.2 Å². The van der Waals surface area contributed by atoms with Gasteiger partial charge >= 0.3 is 0 Å². The standard InChI is InChI=1S/C9H10O3S3/c1-14(11)9(15(2)12)6-7(10)8-4-3-5-13-8/h3-6H,1-2H3. The van der Waals surface area contributed by atoms with Gasteiger partial charge in [-0.3, -0.25) is 13.2 Å². The van der Waals surface area contributed by atoms with Crippen LogP contribution in [-0.2, 0) is 21.6 Å². The van der Waals surface area contributed by atoms with Crippen LogP contribution in [0.1, 0.15) is 9.67 Å². The molecule has 0 N–H and O–H groups in total. The van der Waals surface area contributed by atoms with Gasteiger partial charge in [0.05, 0.1) is 26.5 Å². The molecule has 0 aliphatic carbocycles. The summed E-state index contributed by atoms with van der Waals surface area (Å²) in [6.07, 6.45) is 4.03. The van der Waals surface area contributed by atoms with Crippen molar-refractivity contribution in [1.82, 2.24) is 0 Å². The van der Waals surface area contributed by atoms with Gasteiger partial charge in [-0.2, -0.15) is 0 Å². The largest absolute Gasteiger partial charge is 0.288 e. The maximum absolute atomic E-state index is 11.6. The predicted octanol–water partition coefficient (Wildman–Crippen LogP) is 1.53. The number of hydrogen-bond donors (Lipinski definition) is 0. The maximum atomic E-state index is 11.6. The summed E-state index contributed by atoms with van der Waals surface area (Å²) in [6.45, 7) is 0. The molecule has 0 fully saturated rings. The predicted molar refractivity (Wildman–Crippen MR) is 64.9 cm³/mol. The molecule has 82 valence electrons. The molecule has 2 unspecified atom stereocenters. The Morgan fingerprint density at radius 3 is 2.33 bits per heavy atom. The summed E-state index contributed by atoms with van der Waals surface area (Å²) in [4.78, 5) is 12.1. The molecule has 1 heterocycles. The van der Waals surface area contributed by atoms with E-state index in [2.05, 4.69) is 0 Å². The molecule has 0 amide bonds. The summed E-state index contributed by atoms with van der Waals surface area (Å²) in [5.41, 5.74) is 0. The van der Waals surface area contributed by atoms with Crippen LogP contribution in [0.5, 0.6) is 0 Å². The number of carbonyl (C=O) groups is 1. The van der Waals surface area contributed by atoms with Crippen molar-refractivity contribution in [3.63, 3.8) is 0 Å². The Bertz CT molecular complexity index is 415. The summed E-state index contributed by atoms with van der Waals surface area (Å²) in [5, 5.41) is 1.78. The van der Waals surface area contributed by atoms with E-state index in [4.69, 9.17) is 0 Å². The second-order valence-electron chi connectivity index (χ2n) is 2.71. The minimum Gasteiger partial charge on any atom is -0.288 e. The third kappa shape index (κ3) is 3.48. The van der Waals surface area contributed by atoms with Gasteiger partial charge in [-0.05, 0) is 11.4 Å². The summed E-state index contributed by atoms with van der Waals surface area (Å²) in [7, 11) is -2.74. The molecule has 0 saturated heterocycles. The Balaban J connectivity index is 2.99. The van der Waals surface area contributed by atoms with Gasteiger partial charge in [-0.15, -0.1) is 11.3 Å². The van der Waals surface area contributed by atoms with Gasteiger partial charge < -0.3 is 0 Å². The van der Waals surface area contributed by atoms with E-state index in [0.29, 0.717) is 4.88 Å². The zero-order chi connectivity index (χ0) is 11.4. The van der Waals surface area contributed by atoms with Gasteiger partial charge in [0.2, 0.25) is 0 Å². The lowest BCUT2D eigenvalue weighted by atomic mass is 10.3. The zero-order valence-electron chi connectivity index (χ0n) is 8.26. The van der Waals surface area contributed by atoms with E-state index >= 15 is 0 Å². The normalized spacial score (nSPS) is 14.3. The fourth-order valence-corrected chi connectivity index (χ4v) is 3.43. The van der Waals surface area contributed by atoms with Gasteiger partial charge in [0.1, 0.15) is 4.24 Å². The quantitative estimate of drug-likeness (QED) is 0.611. The van der Waals surface area contributed by atoms with Crippen molar-refractivity contribution in [2.24, 2.45) is 0 Å². The van der Waals surface area contributed by atoms with Gasteiger partial charge in [0.25, 0.3) is 0 Å². The Hall–Kier alpha value is -0.590. The van der Waals surface area contributed by atoms with E-state index in [-0.39, 0.29) is 10.0 Å². The van der Waals surface area contributed by atoms with E-state index in [0.717, 1.165) is 0 Å². The lowest BCUT2D eigenvalue weighted by Crippen LogP contribution is -2.02. The maximum Gasteiger partial charge on any atom is 0.197 e. The van der Waals surface area contributed by atoms with Crippen molar-refractivity contribution < 1.29 is 13.2 Å². The third-order valence-corrected chi connectivity index (χ3v) is 5.24. The zero-order valence-corrected chi connectivity index (χ0v) is 10.7. The lowest BCUT2D eigenvalue weighted by Gasteiger charge is -1.98. The summed E-state index contributed by atoms with van der Waals surface area (Å²) in [5.74, 6) is -0.245. The smallest absolute Gasteiger partial charge is 0.197 e. The lowest BCUT2D eigenvalue weighted by molar-refractivity contribution is 0.105. The van der Waals surface area contributed by atoms with E-state index in [1.54, 1.807) is 17.5 Å². The first kappa shape index (κ1) is 12.5. The highest BCUT2D eigenvalue weighted by molar-refractivity contribution is 8.07. The first-order valence-electron chi connectivity index (χ1n) is 3.98. The van der Waals surface area contributed by atoms with Crippen LogP contribution in [0.3, 0.4) is 0 Å². The van der Waals surface area contributed by atoms with Crippen molar-refractivity contribution in [3.05, 3.63) is 32.7 Å². The molecule has 15 heavy (non-hydrogen) atoms.